The number of rotatable bonds is 7. The predicted octanol–water partition coefficient (Wildman–Crippen LogP) is -5.07. The maximum absolute atomic E-state index is 10.2. The molecule has 5 heteroatoms. The van der Waals surface area contributed by atoms with E-state index in [2.05, 4.69) is 16.8 Å². The molecule has 8 N–H and O–H groups in total. The van der Waals surface area contributed by atoms with Crippen LogP contribution in [0.2, 0.25) is 0 Å². The molecule has 0 bridgehead atoms. The monoisotopic (exact) mass is 177 g/mol. The van der Waals surface area contributed by atoms with Gasteiger partial charge in [0.25, 0.3) is 0 Å². The largest absolute Gasteiger partial charge is 0.544 e. The molecule has 0 aliphatic heterocycles. The van der Waals surface area contributed by atoms with Crippen LogP contribution in [0.1, 0.15) is 12.8 Å². The lowest BCUT2D eigenvalue weighted by molar-refractivity contribution is -0.660. The van der Waals surface area contributed by atoms with Gasteiger partial charge in [-0.05, 0) is 0 Å². The van der Waals surface area contributed by atoms with Gasteiger partial charge in [0, 0.05) is 6.42 Å². The molecular weight excluding hydrogens is 158 g/mol. The number of hydrogen-bond donors (Lipinski definition) is 3. The summed E-state index contributed by atoms with van der Waals surface area (Å²) in [5, 5.41) is 12.3. The summed E-state index contributed by atoms with van der Waals surface area (Å²) < 4.78 is 0. The Morgan fingerprint density at radius 2 is 2.17 bits per heavy atom. The second-order valence-corrected chi connectivity index (χ2v) is 2.88. The molecule has 0 amide bonds. The summed E-state index contributed by atoms with van der Waals surface area (Å²) in [4.78, 5) is 10.2. The molecular formula is C7H19N3O2+2. The number of nitrogens with two attached hydrogens (primary N) is 1. The van der Waals surface area contributed by atoms with E-state index in [0.717, 1.165) is 26.1 Å². The van der Waals surface area contributed by atoms with Crippen molar-refractivity contribution >= 4 is 5.97 Å². The molecule has 0 aliphatic carbocycles. The highest BCUT2D eigenvalue weighted by molar-refractivity contribution is 5.68. The highest BCUT2D eigenvalue weighted by atomic mass is 16.4. The first kappa shape index (κ1) is 11.4. The molecule has 0 heterocycles. The van der Waals surface area contributed by atoms with Gasteiger partial charge in [-0.3, -0.25) is 0 Å². The third kappa shape index (κ3) is 6.09. The van der Waals surface area contributed by atoms with Gasteiger partial charge in [0.05, 0.1) is 32.0 Å². The summed E-state index contributed by atoms with van der Waals surface area (Å²) in [6.45, 7) is 2.76. The van der Waals surface area contributed by atoms with Gasteiger partial charge < -0.3 is 26.7 Å². The number of carboxylic acid groups (broad SMARTS) is 1. The van der Waals surface area contributed by atoms with Crippen molar-refractivity contribution in [3.05, 3.63) is 0 Å². The van der Waals surface area contributed by atoms with Crippen LogP contribution >= 0.6 is 0 Å². The van der Waals surface area contributed by atoms with E-state index in [1.807, 2.05) is 0 Å². The van der Waals surface area contributed by atoms with Crippen molar-refractivity contribution in [1.29, 1.82) is 0 Å². The van der Waals surface area contributed by atoms with E-state index in [1.165, 1.54) is 0 Å². The zero-order valence-corrected chi connectivity index (χ0v) is 7.42. The first-order valence-corrected chi connectivity index (χ1v) is 4.33. The molecule has 12 heavy (non-hydrogen) atoms. The number of aliphatic carboxylic acids is 1. The Kier molecular flexibility index (Phi) is 6.64. The fourth-order valence-electron chi connectivity index (χ4n) is 0.870. The Morgan fingerprint density at radius 1 is 1.50 bits per heavy atom. The fraction of sp³-hybridized carbons (Fsp3) is 0.857. The smallest absolute Gasteiger partial charge is 0.130 e. The van der Waals surface area contributed by atoms with Gasteiger partial charge in [-0.2, -0.15) is 0 Å². The van der Waals surface area contributed by atoms with Gasteiger partial charge >= 0.3 is 0 Å². The summed E-state index contributed by atoms with van der Waals surface area (Å²) in [7, 11) is 0. The van der Waals surface area contributed by atoms with Crippen LogP contribution in [0, 0.1) is 0 Å². The Morgan fingerprint density at radius 3 is 2.67 bits per heavy atom. The summed E-state index contributed by atoms with van der Waals surface area (Å²) in [5.41, 5.74) is 7.17. The lowest BCUT2D eigenvalue weighted by Crippen LogP contribution is -2.86. The molecule has 0 radical (unpaired) electrons. The van der Waals surface area contributed by atoms with Crippen molar-refractivity contribution < 1.29 is 26.7 Å². The van der Waals surface area contributed by atoms with E-state index < -0.39 is 12.0 Å². The van der Waals surface area contributed by atoms with E-state index >= 15 is 0 Å². The number of carbonyl (C=O) groups excluding carboxylic acids is 1. The second kappa shape index (κ2) is 7.02. The van der Waals surface area contributed by atoms with E-state index in [4.69, 9.17) is 0 Å². The summed E-state index contributed by atoms with van der Waals surface area (Å²) in [6, 6.07) is -0.569. The molecule has 1 atom stereocenters. The number of carboxylic acids is 1. The molecule has 0 unspecified atom stereocenters. The molecule has 0 fully saturated rings. The Labute approximate surface area is 72.1 Å². The van der Waals surface area contributed by atoms with Gasteiger partial charge in [0.15, 0.2) is 0 Å². The van der Waals surface area contributed by atoms with E-state index in [1.54, 1.807) is 0 Å². The highest BCUT2D eigenvalue weighted by Gasteiger charge is 2.06. The second-order valence-electron chi connectivity index (χ2n) is 2.88. The molecule has 0 aromatic carbocycles. The van der Waals surface area contributed by atoms with E-state index in [-0.39, 0.29) is 0 Å². The first-order chi connectivity index (χ1) is 5.68. The molecule has 0 rings (SSSR count). The maximum atomic E-state index is 10.2. The standard InChI is InChI=1S/C7H17N3O2/c8-3-1-4-10-5-2-6(9)7(11)12/h6,10H,1-5,8-9H2,(H,11,12)/p+2/t6-/m0/s1. The third-order valence-electron chi connectivity index (χ3n) is 1.71. The third-order valence-corrected chi connectivity index (χ3v) is 1.71. The quantitative estimate of drug-likeness (QED) is 0.338. The molecule has 72 valence electrons. The lowest BCUT2D eigenvalue weighted by atomic mass is 10.2. The van der Waals surface area contributed by atoms with Crippen LogP contribution in [0.25, 0.3) is 0 Å². The topological polar surface area (TPSA) is 112 Å². The van der Waals surface area contributed by atoms with Crippen LogP contribution in [0.5, 0.6) is 0 Å². The molecule has 0 aromatic rings. The molecule has 0 spiro atoms. The van der Waals surface area contributed by atoms with Gasteiger partial charge in [-0.25, -0.2) is 0 Å². The minimum Gasteiger partial charge on any atom is -0.544 e. The van der Waals surface area contributed by atoms with Crippen LogP contribution in [-0.2, 0) is 4.79 Å². The Hall–Kier alpha value is -0.650. The van der Waals surface area contributed by atoms with Gasteiger partial charge in [0.2, 0.25) is 0 Å². The van der Waals surface area contributed by atoms with Gasteiger partial charge in [-0.1, -0.05) is 0 Å². The zero-order valence-electron chi connectivity index (χ0n) is 7.42. The molecule has 0 aliphatic rings. The first-order valence-electron chi connectivity index (χ1n) is 4.33. The number of carbonyl (C=O) groups is 1. The predicted molar refractivity (Wildman–Crippen MR) is 40.3 cm³/mol. The Balaban J connectivity index is 3.14. The average Bonchev–Trinajstić information content (AvgIpc) is 2.03. The minimum atomic E-state index is -1.06. The van der Waals surface area contributed by atoms with Gasteiger partial charge in [0.1, 0.15) is 6.04 Å². The van der Waals surface area contributed by atoms with E-state index in [0.29, 0.717) is 6.42 Å². The van der Waals surface area contributed by atoms with Crippen LogP contribution in [0.4, 0.5) is 0 Å². The van der Waals surface area contributed by atoms with Crippen LogP contribution < -0.4 is 21.9 Å². The molecule has 0 saturated heterocycles. The molecule has 0 aromatic heterocycles. The number of hydrogen-bond acceptors (Lipinski definition) is 2. The van der Waals surface area contributed by atoms with Crippen molar-refractivity contribution in [3.8, 4) is 0 Å². The molecule has 5 nitrogen and oxygen atoms in total. The lowest BCUT2D eigenvalue weighted by Gasteiger charge is -2.07. The normalized spacial score (nSPS) is 12.8. The van der Waals surface area contributed by atoms with Crippen molar-refractivity contribution in [2.45, 2.75) is 18.9 Å². The summed E-state index contributed by atoms with van der Waals surface area (Å²) in [6.07, 6.45) is 1.66. The van der Waals surface area contributed by atoms with Crippen molar-refractivity contribution in [2.75, 3.05) is 19.6 Å². The van der Waals surface area contributed by atoms with Crippen LogP contribution in [0.15, 0.2) is 0 Å². The summed E-state index contributed by atoms with van der Waals surface area (Å²) in [5.74, 6) is -1.06. The van der Waals surface area contributed by atoms with Crippen molar-refractivity contribution in [3.63, 3.8) is 0 Å². The molecule has 0 saturated carbocycles. The Bertz CT molecular complexity index is 130. The summed E-state index contributed by atoms with van der Waals surface area (Å²) >= 11 is 0. The zero-order chi connectivity index (χ0) is 9.40. The van der Waals surface area contributed by atoms with Gasteiger partial charge in [-0.15, -0.1) is 0 Å². The van der Waals surface area contributed by atoms with Crippen LogP contribution in [0.3, 0.4) is 0 Å². The maximum Gasteiger partial charge on any atom is 0.130 e. The SMILES string of the molecule is [NH3+]CCC[NH2+]CC[C@H]([NH3+])C(=O)[O-]. The highest BCUT2D eigenvalue weighted by Crippen LogP contribution is 1.77. The van der Waals surface area contributed by atoms with Crippen molar-refractivity contribution in [1.82, 2.24) is 0 Å². The van der Waals surface area contributed by atoms with Crippen LogP contribution in [-0.4, -0.2) is 31.6 Å². The van der Waals surface area contributed by atoms with Crippen molar-refractivity contribution in [2.24, 2.45) is 0 Å². The fourth-order valence-corrected chi connectivity index (χ4v) is 0.870. The van der Waals surface area contributed by atoms with E-state index in [9.17, 15) is 9.90 Å². The average molecular weight is 177 g/mol. The minimum absolute atomic E-state index is 0.569. The number of quaternary nitrogens is 3.